The van der Waals surface area contributed by atoms with Gasteiger partial charge in [0.25, 0.3) is 0 Å². The van der Waals surface area contributed by atoms with Crippen molar-refractivity contribution < 1.29 is 0 Å². The van der Waals surface area contributed by atoms with Gasteiger partial charge in [0, 0.05) is 12.6 Å². The number of benzene rings is 1. The molecule has 1 nitrogen and oxygen atoms in total. The molecule has 1 heteroatoms. The van der Waals surface area contributed by atoms with Crippen LogP contribution in [0.3, 0.4) is 0 Å². The first-order chi connectivity index (χ1) is 7.65. The largest absolute Gasteiger partial charge is 0.310 e. The lowest BCUT2D eigenvalue weighted by Crippen LogP contribution is -2.40. The zero-order valence-corrected chi connectivity index (χ0v) is 10.3. The van der Waals surface area contributed by atoms with Gasteiger partial charge in [-0.15, -0.1) is 0 Å². The fraction of sp³-hybridized carbons (Fsp3) is 0.467. The maximum absolute atomic E-state index is 3.91. The number of aryl methyl sites for hydroxylation is 1. The number of rotatable bonds is 4. The zero-order valence-electron chi connectivity index (χ0n) is 10.3. The van der Waals surface area contributed by atoms with Gasteiger partial charge in [0.15, 0.2) is 0 Å². The Morgan fingerprint density at radius 1 is 1.44 bits per heavy atom. The summed E-state index contributed by atoms with van der Waals surface area (Å²) < 4.78 is 0. The molecule has 0 aromatic heterocycles. The summed E-state index contributed by atoms with van der Waals surface area (Å²) in [6, 6.07) is 9.60. The summed E-state index contributed by atoms with van der Waals surface area (Å²) in [6.45, 7) is 9.11. The molecule has 1 aromatic rings. The summed E-state index contributed by atoms with van der Waals surface area (Å²) in [7, 11) is 0. The molecule has 0 radical (unpaired) electrons. The number of nitrogens with one attached hydrogen (secondary N) is 1. The van der Waals surface area contributed by atoms with Gasteiger partial charge in [-0.3, -0.25) is 0 Å². The first kappa shape index (κ1) is 11.4. The molecule has 0 unspecified atom stereocenters. The van der Waals surface area contributed by atoms with Crippen LogP contribution in [0, 0.1) is 6.92 Å². The monoisotopic (exact) mass is 215 g/mol. The summed E-state index contributed by atoms with van der Waals surface area (Å²) >= 11 is 0. The topological polar surface area (TPSA) is 12.0 Å². The fourth-order valence-corrected chi connectivity index (χ4v) is 2.30. The summed E-state index contributed by atoms with van der Waals surface area (Å²) in [5.74, 6) is 0.766. The molecule has 16 heavy (non-hydrogen) atoms. The molecule has 1 aliphatic carbocycles. The Kier molecular flexibility index (Phi) is 3.45. The van der Waals surface area contributed by atoms with Gasteiger partial charge in [0.2, 0.25) is 0 Å². The molecular weight excluding hydrogens is 194 g/mol. The Balaban J connectivity index is 1.82. The van der Waals surface area contributed by atoms with Gasteiger partial charge < -0.3 is 5.32 Å². The van der Waals surface area contributed by atoms with Crippen LogP contribution >= 0.6 is 0 Å². The molecule has 0 atom stereocenters. The summed E-state index contributed by atoms with van der Waals surface area (Å²) in [4.78, 5) is 0. The molecule has 0 saturated heterocycles. The van der Waals surface area contributed by atoms with Crippen molar-refractivity contribution in [2.45, 2.75) is 38.6 Å². The number of hydrogen-bond acceptors (Lipinski definition) is 1. The van der Waals surface area contributed by atoms with Crippen LogP contribution < -0.4 is 5.32 Å². The normalized spacial score (nSPS) is 23.9. The molecule has 0 heterocycles. The molecule has 0 amide bonds. The second kappa shape index (κ2) is 4.84. The van der Waals surface area contributed by atoms with Crippen molar-refractivity contribution in [2.75, 3.05) is 6.54 Å². The Hall–Kier alpha value is -1.08. The van der Waals surface area contributed by atoms with E-state index in [9.17, 15) is 0 Å². The van der Waals surface area contributed by atoms with Gasteiger partial charge in [-0.1, -0.05) is 42.0 Å². The highest BCUT2D eigenvalue weighted by atomic mass is 14.9. The highest BCUT2D eigenvalue weighted by Gasteiger charge is 2.29. The summed E-state index contributed by atoms with van der Waals surface area (Å²) in [5.41, 5.74) is 4.10. The Morgan fingerprint density at radius 3 is 2.81 bits per heavy atom. The minimum Gasteiger partial charge on any atom is -0.310 e. The predicted molar refractivity (Wildman–Crippen MR) is 69.8 cm³/mol. The van der Waals surface area contributed by atoms with Crippen LogP contribution in [0.1, 0.15) is 36.8 Å². The van der Waals surface area contributed by atoms with E-state index in [2.05, 4.69) is 50.0 Å². The lowest BCUT2D eigenvalue weighted by atomic mass is 9.75. The van der Waals surface area contributed by atoms with Gasteiger partial charge in [-0.05, 0) is 38.2 Å². The van der Waals surface area contributed by atoms with Gasteiger partial charge in [-0.25, -0.2) is 0 Å². The zero-order chi connectivity index (χ0) is 11.5. The first-order valence-corrected chi connectivity index (χ1v) is 6.09. The standard InChI is InChI=1S/C15H21N/c1-11(2)10-16-15-8-14(9-15)13-6-4-5-12(3)7-13/h4-7,14-16H,1,8-10H2,2-3H3. The Bertz CT molecular complexity index is 375. The van der Waals surface area contributed by atoms with E-state index in [4.69, 9.17) is 0 Å². The molecule has 0 bridgehead atoms. The van der Waals surface area contributed by atoms with Crippen molar-refractivity contribution in [1.29, 1.82) is 0 Å². The predicted octanol–water partition coefficient (Wildman–Crippen LogP) is 3.41. The van der Waals surface area contributed by atoms with Crippen LogP contribution in [0.5, 0.6) is 0 Å². The average Bonchev–Trinajstić information content (AvgIpc) is 2.14. The van der Waals surface area contributed by atoms with Crippen molar-refractivity contribution in [3.63, 3.8) is 0 Å². The Labute approximate surface area is 98.6 Å². The van der Waals surface area contributed by atoms with Gasteiger partial charge in [0.05, 0.1) is 0 Å². The van der Waals surface area contributed by atoms with E-state index >= 15 is 0 Å². The second-order valence-electron chi connectivity index (χ2n) is 5.12. The third-order valence-electron chi connectivity index (χ3n) is 3.34. The lowest BCUT2D eigenvalue weighted by molar-refractivity contribution is 0.298. The van der Waals surface area contributed by atoms with E-state index < -0.39 is 0 Å². The highest BCUT2D eigenvalue weighted by Crippen LogP contribution is 2.36. The molecule has 2 rings (SSSR count). The van der Waals surface area contributed by atoms with Crippen LogP contribution in [0.4, 0.5) is 0 Å². The van der Waals surface area contributed by atoms with Crippen LogP contribution in [0.15, 0.2) is 36.4 Å². The van der Waals surface area contributed by atoms with Crippen molar-refractivity contribution in [2.24, 2.45) is 0 Å². The maximum atomic E-state index is 3.91. The molecule has 1 fully saturated rings. The van der Waals surface area contributed by atoms with E-state index in [1.54, 1.807) is 0 Å². The van der Waals surface area contributed by atoms with Crippen LogP contribution in [-0.4, -0.2) is 12.6 Å². The summed E-state index contributed by atoms with van der Waals surface area (Å²) in [6.07, 6.45) is 2.55. The van der Waals surface area contributed by atoms with Gasteiger partial charge >= 0.3 is 0 Å². The van der Waals surface area contributed by atoms with Crippen molar-refractivity contribution in [1.82, 2.24) is 5.32 Å². The minimum absolute atomic E-state index is 0.696. The van der Waals surface area contributed by atoms with Crippen LogP contribution in [-0.2, 0) is 0 Å². The van der Waals surface area contributed by atoms with Crippen molar-refractivity contribution in [3.8, 4) is 0 Å². The van der Waals surface area contributed by atoms with Crippen molar-refractivity contribution in [3.05, 3.63) is 47.5 Å². The van der Waals surface area contributed by atoms with E-state index in [1.165, 1.54) is 29.5 Å². The molecule has 1 aromatic carbocycles. The van der Waals surface area contributed by atoms with Crippen molar-refractivity contribution >= 4 is 0 Å². The fourth-order valence-electron chi connectivity index (χ4n) is 2.30. The average molecular weight is 215 g/mol. The molecule has 1 aliphatic rings. The highest BCUT2D eigenvalue weighted by molar-refractivity contribution is 5.27. The van der Waals surface area contributed by atoms with Crippen LogP contribution in [0.25, 0.3) is 0 Å². The Morgan fingerprint density at radius 2 is 2.19 bits per heavy atom. The molecule has 1 N–H and O–H groups in total. The second-order valence-corrected chi connectivity index (χ2v) is 5.12. The van der Waals surface area contributed by atoms with Crippen LogP contribution in [0.2, 0.25) is 0 Å². The molecular formula is C15H21N. The number of hydrogen-bond donors (Lipinski definition) is 1. The van der Waals surface area contributed by atoms with E-state index in [0.717, 1.165) is 12.5 Å². The maximum Gasteiger partial charge on any atom is 0.0161 e. The molecule has 1 saturated carbocycles. The van der Waals surface area contributed by atoms with E-state index in [-0.39, 0.29) is 0 Å². The third-order valence-corrected chi connectivity index (χ3v) is 3.34. The lowest BCUT2D eigenvalue weighted by Gasteiger charge is -2.36. The van der Waals surface area contributed by atoms with Gasteiger partial charge in [0.1, 0.15) is 0 Å². The third kappa shape index (κ3) is 2.73. The van der Waals surface area contributed by atoms with E-state index in [0.29, 0.717) is 6.04 Å². The summed E-state index contributed by atoms with van der Waals surface area (Å²) in [5, 5.41) is 3.53. The molecule has 0 aliphatic heterocycles. The molecule has 86 valence electrons. The first-order valence-electron chi connectivity index (χ1n) is 6.09. The van der Waals surface area contributed by atoms with Gasteiger partial charge in [-0.2, -0.15) is 0 Å². The quantitative estimate of drug-likeness (QED) is 0.759. The van der Waals surface area contributed by atoms with E-state index in [1.807, 2.05) is 0 Å². The molecule has 0 spiro atoms. The smallest absolute Gasteiger partial charge is 0.0161 e. The SMILES string of the molecule is C=C(C)CNC1CC(c2cccc(C)c2)C1. The minimum atomic E-state index is 0.696.